The van der Waals surface area contributed by atoms with E-state index in [-0.39, 0.29) is 17.5 Å². The molecule has 402 valence electrons. The molecular weight excluding hydrogens is 1030 g/mol. The Hall–Kier alpha value is -9.90. The van der Waals surface area contributed by atoms with E-state index >= 15 is 0 Å². The smallest absolute Gasteiger partial charge is 0.256 e. The Morgan fingerprint density at radius 2 is 0.918 bits per heavy atom. The highest BCUT2D eigenvalue weighted by molar-refractivity contribution is 6.99. The van der Waals surface area contributed by atoms with Crippen molar-refractivity contribution in [2.24, 2.45) is 0 Å². The van der Waals surface area contributed by atoms with Gasteiger partial charge in [-0.3, -0.25) is 0 Å². The van der Waals surface area contributed by atoms with Crippen molar-refractivity contribution in [3.05, 3.63) is 282 Å². The van der Waals surface area contributed by atoms with E-state index in [4.69, 9.17) is 4.74 Å². The van der Waals surface area contributed by atoms with Crippen LogP contribution in [0.15, 0.2) is 249 Å². The highest BCUT2D eigenvalue weighted by Crippen LogP contribution is 2.63. The molecule has 0 unspecified atom stereocenters. The molecule has 12 aromatic carbocycles. The fourth-order valence-electron chi connectivity index (χ4n) is 15.8. The van der Waals surface area contributed by atoms with E-state index in [1.807, 2.05) is 0 Å². The summed E-state index contributed by atoms with van der Waals surface area (Å²) in [6.45, 7) is 13.9. The molecule has 0 N–H and O–H groups in total. The maximum Gasteiger partial charge on any atom is 0.256 e. The van der Waals surface area contributed by atoms with Crippen LogP contribution in [0.1, 0.15) is 74.9 Å². The van der Waals surface area contributed by atoms with Gasteiger partial charge in [-0.15, -0.1) is 0 Å². The zero-order valence-corrected chi connectivity index (χ0v) is 48.6. The van der Waals surface area contributed by atoms with Gasteiger partial charge < -0.3 is 13.9 Å². The second-order valence-electron chi connectivity index (χ2n) is 26.3. The number of ether oxygens (including phenoxy) is 1. The van der Waals surface area contributed by atoms with Gasteiger partial charge in [0.2, 0.25) is 0 Å². The van der Waals surface area contributed by atoms with E-state index in [0.717, 1.165) is 28.3 Å². The van der Waals surface area contributed by atoms with Crippen LogP contribution in [0.3, 0.4) is 0 Å². The van der Waals surface area contributed by atoms with Crippen molar-refractivity contribution in [2.45, 2.75) is 57.8 Å². The molecule has 0 saturated carbocycles. The highest BCUT2D eigenvalue weighted by Gasteiger charge is 2.53. The Morgan fingerprint density at radius 1 is 0.353 bits per heavy atom. The molecule has 0 bridgehead atoms. The molecule has 14 aromatic rings. The van der Waals surface area contributed by atoms with Crippen molar-refractivity contribution in [3.8, 4) is 78.5 Å². The summed E-state index contributed by atoms with van der Waals surface area (Å²) in [5.41, 5.74) is 30.2. The summed E-state index contributed by atoms with van der Waals surface area (Å²) in [7, 11) is 0. The third-order valence-corrected chi connectivity index (χ3v) is 19.6. The van der Waals surface area contributed by atoms with Crippen molar-refractivity contribution in [1.29, 1.82) is 0 Å². The molecule has 2 aromatic heterocycles. The van der Waals surface area contributed by atoms with Crippen LogP contribution in [0.2, 0.25) is 0 Å². The number of aromatic nitrogens is 2. The largest absolute Gasteiger partial charge is 0.458 e. The first-order chi connectivity index (χ1) is 41.4. The number of nitrogens with zero attached hydrogens (tertiary/aromatic N) is 2. The molecule has 2 aliphatic carbocycles. The van der Waals surface area contributed by atoms with E-state index < -0.39 is 5.41 Å². The Labute approximate surface area is 496 Å². The maximum atomic E-state index is 7.81. The third kappa shape index (κ3) is 6.57. The lowest BCUT2D eigenvalue weighted by atomic mass is 9.34. The summed E-state index contributed by atoms with van der Waals surface area (Å²) in [4.78, 5) is 0. The van der Waals surface area contributed by atoms with E-state index in [1.54, 1.807) is 0 Å². The van der Waals surface area contributed by atoms with E-state index in [0.29, 0.717) is 0 Å². The molecule has 0 atom stereocenters. The Balaban J connectivity index is 0.984. The molecule has 4 heterocycles. The second-order valence-corrected chi connectivity index (χ2v) is 26.3. The number of hydrogen-bond donors (Lipinski definition) is 0. The first kappa shape index (κ1) is 48.6. The molecule has 0 radical (unpaired) electrons. The first-order valence-electron chi connectivity index (χ1n) is 30.2. The van der Waals surface area contributed by atoms with Crippen LogP contribution in [0.5, 0.6) is 11.5 Å². The fourth-order valence-corrected chi connectivity index (χ4v) is 15.8. The average molecular weight is 1090 g/mol. The SMILES string of the molecule is CC(C)(C)c1cc(-n2c3ccccc3c3cc4c5c(c6ccccc6n5-c5cc(-c6ccc(-c7ccccc7)cc6-c6ccccc6)cc6c5B4c4cc5c(cc4O6)C4(c6ccccc6-c6ccccc64)c4ccccc4-5)c32)cc(C(C)(C)C)c1. The summed E-state index contributed by atoms with van der Waals surface area (Å²) < 4.78 is 13.0. The van der Waals surface area contributed by atoms with Gasteiger partial charge in [0.05, 0.1) is 27.5 Å². The van der Waals surface area contributed by atoms with Crippen molar-refractivity contribution in [1.82, 2.24) is 9.13 Å². The van der Waals surface area contributed by atoms with Crippen molar-refractivity contribution in [2.75, 3.05) is 0 Å². The topological polar surface area (TPSA) is 19.1 Å². The van der Waals surface area contributed by atoms with Gasteiger partial charge in [0.25, 0.3) is 6.71 Å². The average Bonchev–Trinajstić information content (AvgIpc) is 1.64. The van der Waals surface area contributed by atoms with E-state index in [9.17, 15) is 0 Å². The number of fused-ring (bicyclic) bond motifs is 21. The lowest BCUT2D eigenvalue weighted by molar-refractivity contribution is 0.486. The van der Waals surface area contributed by atoms with Gasteiger partial charge in [-0.25, -0.2) is 0 Å². The first-order valence-corrected chi connectivity index (χ1v) is 30.2. The number of benzene rings is 12. The maximum absolute atomic E-state index is 7.81. The van der Waals surface area contributed by atoms with Crippen LogP contribution in [-0.2, 0) is 16.2 Å². The summed E-state index contributed by atoms with van der Waals surface area (Å²) in [6, 6.07) is 94.3. The number of hydrogen-bond acceptors (Lipinski definition) is 1. The molecule has 4 aliphatic rings. The monoisotopic (exact) mass is 1090 g/mol. The van der Waals surface area contributed by atoms with Crippen molar-refractivity contribution in [3.63, 3.8) is 0 Å². The Morgan fingerprint density at radius 3 is 1.56 bits per heavy atom. The Bertz CT molecular complexity index is 5160. The zero-order chi connectivity index (χ0) is 56.8. The predicted molar refractivity (Wildman–Crippen MR) is 356 cm³/mol. The Kier molecular flexibility index (Phi) is 9.79. The molecule has 1 spiro atoms. The molecule has 85 heavy (non-hydrogen) atoms. The molecule has 0 saturated heterocycles. The summed E-state index contributed by atoms with van der Waals surface area (Å²) in [6.07, 6.45) is 0. The normalized spacial score (nSPS) is 13.9. The van der Waals surface area contributed by atoms with E-state index in [2.05, 4.69) is 299 Å². The quantitative estimate of drug-likeness (QED) is 0.161. The molecule has 2 aliphatic heterocycles. The summed E-state index contributed by atoms with van der Waals surface area (Å²) in [5.74, 6) is 1.80. The van der Waals surface area contributed by atoms with Crippen LogP contribution in [0.25, 0.3) is 111 Å². The predicted octanol–water partition coefficient (Wildman–Crippen LogP) is 18.8. The van der Waals surface area contributed by atoms with Gasteiger partial charge in [0.15, 0.2) is 0 Å². The minimum absolute atomic E-state index is 0.0726. The van der Waals surface area contributed by atoms with Crippen molar-refractivity contribution >= 4 is 66.7 Å². The second kappa shape index (κ2) is 17.1. The van der Waals surface area contributed by atoms with Gasteiger partial charge in [-0.2, -0.15) is 0 Å². The highest BCUT2D eigenvalue weighted by atomic mass is 16.5. The van der Waals surface area contributed by atoms with Gasteiger partial charge in [0, 0.05) is 32.9 Å². The molecule has 0 fully saturated rings. The number of rotatable bonds is 4. The minimum atomic E-state index is -0.528. The van der Waals surface area contributed by atoms with Gasteiger partial charge in [-0.1, -0.05) is 242 Å². The van der Waals surface area contributed by atoms with Gasteiger partial charge >= 0.3 is 0 Å². The van der Waals surface area contributed by atoms with Crippen LogP contribution >= 0.6 is 0 Å². The minimum Gasteiger partial charge on any atom is -0.458 e. The molecule has 4 heteroatoms. The summed E-state index contributed by atoms with van der Waals surface area (Å²) in [5, 5.41) is 5.00. The molecular formula is C81H59BN2O. The third-order valence-electron chi connectivity index (χ3n) is 19.6. The summed E-state index contributed by atoms with van der Waals surface area (Å²) >= 11 is 0. The van der Waals surface area contributed by atoms with E-state index in [1.165, 1.54) is 144 Å². The van der Waals surface area contributed by atoms with Crippen LogP contribution in [0.4, 0.5) is 0 Å². The molecule has 0 amide bonds. The van der Waals surface area contributed by atoms with Crippen LogP contribution in [0, 0.1) is 0 Å². The van der Waals surface area contributed by atoms with Gasteiger partial charge in [-0.05, 0) is 165 Å². The van der Waals surface area contributed by atoms with Gasteiger partial charge in [0.1, 0.15) is 11.5 Å². The molecule has 18 rings (SSSR count). The van der Waals surface area contributed by atoms with Crippen molar-refractivity contribution < 1.29 is 4.74 Å². The lowest BCUT2D eigenvalue weighted by Gasteiger charge is -2.35. The zero-order valence-electron chi connectivity index (χ0n) is 48.6. The number of para-hydroxylation sites is 2. The lowest BCUT2D eigenvalue weighted by Crippen LogP contribution is -2.58. The van der Waals surface area contributed by atoms with Crippen LogP contribution in [-0.4, -0.2) is 15.8 Å². The standard InChI is InChI=1S/C81H59BN2O/c1-79(2,3)52-42-53(80(4,5)6)44-54(43-52)83-70-35-21-16-30-59(70)63-46-69-78-75(77(63)83)60-31-17-22-36-71(60)84(78)72-40-51(55-38-37-50(48-23-9-7-10-24-48)39-61(55)49-25-11-8-12-26-49)41-74-76(72)82(69)68-45-62-58-29-15-20-34-66(58)81(67(62)47-73(68)85-74)64-32-18-13-27-56(64)57-28-14-19-33-65(57)81/h7-47H,1-6H3. The molecule has 3 nitrogen and oxygen atoms in total. The van der Waals surface area contributed by atoms with Crippen LogP contribution < -0.4 is 21.1 Å². The fraction of sp³-hybridized carbons (Fsp3) is 0.111.